The molecule has 146 valence electrons. The average molecular weight is 451 g/mol. The number of ether oxygens (including phenoxy) is 1. The summed E-state index contributed by atoms with van der Waals surface area (Å²) in [5.41, 5.74) is -1.68. The molecule has 0 spiro atoms. The highest BCUT2D eigenvalue weighted by atomic mass is 35.5. The summed E-state index contributed by atoms with van der Waals surface area (Å²) in [5, 5.41) is 3.91. The zero-order valence-corrected chi connectivity index (χ0v) is 15.9. The number of alkyl halides is 3. The van der Waals surface area contributed by atoms with Gasteiger partial charge in [-0.25, -0.2) is 4.68 Å². The van der Waals surface area contributed by atoms with Crippen molar-refractivity contribution in [2.24, 2.45) is 0 Å². The fourth-order valence-corrected chi connectivity index (χ4v) is 2.68. The molecule has 0 aliphatic carbocycles. The molecule has 0 aliphatic heterocycles. The largest absolute Gasteiger partial charge is 0.454 e. The van der Waals surface area contributed by atoms with Crippen molar-refractivity contribution in [3.8, 4) is 11.5 Å². The van der Waals surface area contributed by atoms with E-state index in [1.165, 1.54) is 6.20 Å². The summed E-state index contributed by atoms with van der Waals surface area (Å²) in [5.74, 6) is 0.398. The van der Waals surface area contributed by atoms with Gasteiger partial charge in [0.2, 0.25) is 0 Å². The molecule has 11 heteroatoms. The van der Waals surface area contributed by atoms with Crippen LogP contribution in [-0.4, -0.2) is 14.8 Å². The number of rotatable bonds is 4. The summed E-state index contributed by atoms with van der Waals surface area (Å²) < 4.78 is 44.5. The normalized spacial score (nSPS) is 11.5. The van der Waals surface area contributed by atoms with Gasteiger partial charge in [0.1, 0.15) is 5.75 Å². The van der Waals surface area contributed by atoms with Crippen molar-refractivity contribution in [3.05, 3.63) is 79.4 Å². The van der Waals surface area contributed by atoms with Gasteiger partial charge in [-0.05, 0) is 30.3 Å². The molecule has 0 N–H and O–H groups in total. The van der Waals surface area contributed by atoms with Crippen molar-refractivity contribution in [2.45, 2.75) is 12.7 Å². The molecule has 0 unspecified atom stereocenters. The summed E-state index contributed by atoms with van der Waals surface area (Å²) in [4.78, 5) is 16.1. The number of benzene rings is 1. The first-order chi connectivity index (χ1) is 13.1. The number of hydrogen-bond acceptors (Lipinski definition) is 4. The van der Waals surface area contributed by atoms with Crippen LogP contribution in [0.25, 0.3) is 0 Å². The van der Waals surface area contributed by atoms with Crippen molar-refractivity contribution < 1.29 is 17.9 Å². The third-order valence-electron chi connectivity index (χ3n) is 3.54. The smallest absolute Gasteiger partial charge is 0.417 e. The molecule has 0 bridgehead atoms. The molecule has 0 amide bonds. The van der Waals surface area contributed by atoms with Gasteiger partial charge >= 0.3 is 6.18 Å². The van der Waals surface area contributed by atoms with Crippen LogP contribution < -0.4 is 10.3 Å². The van der Waals surface area contributed by atoms with Gasteiger partial charge < -0.3 is 4.74 Å². The summed E-state index contributed by atoms with van der Waals surface area (Å²) in [7, 11) is 0. The van der Waals surface area contributed by atoms with E-state index in [1.54, 1.807) is 24.3 Å². The number of halogens is 6. The molecule has 3 rings (SSSR count). The summed E-state index contributed by atoms with van der Waals surface area (Å²) >= 11 is 17.7. The van der Waals surface area contributed by atoms with Crippen LogP contribution in [0.15, 0.2) is 47.5 Å². The van der Waals surface area contributed by atoms with Gasteiger partial charge in [0.15, 0.2) is 10.8 Å². The predicted octanol–water partition coefficient (Wildman–Crippen LogP) is 5.46. The molecule has 28 heavy (non-hydrogen) atoms. The van der Waals surface area contributed by atoms with E-state index < -0.39 is 17.3 Å². The number of hydrogen-bond donors (Lipinski definition) is 0. The Balaban J connectivity index is 1.85. The molecule has 5 nitrogen and oxygen atoms in total. The predicted molar refractivity (Wildman–Crippen MR) is 98.4 cm³/mol. The number of nitrogens with zero attached hydrogens (tertiary/aromatic N) is 3. The van der Waals surface area contributed by atoms with E-state index in [1.807, 2.05) is 0 Å². The van der Waals surface area contributed by atoms with Crippen LogP contribution in [0.2, 0.25) is 15.1 Å². The second-order valence-corrected chi connectivity index (χ2v) is 6.71. The van der Waals surface area contributed by atoms with Crippen LogP contribution >= 0.6 is 34.8 Å². The quantitative estimate of drug-likeness (QED) is 0.530. The van der Waals surface area contributed by atoms with E-state index >= 15 is 0 Å². The molecule has 0 atom stereocenters. The van der Waals surface area contributed by atoms with E-state index in [9.17, 15) is 18.0 Å². The molecule has 2 aromatic heterocycles. The average Bonchev–Trinajstić information content (AvgIpc) is 2.63. The van der Waals surface area contributed by atoms with E-state index in [0.717, 1.165) is 10.7 Å². The molecule has 1 aromatic carbocycles. The van der Waals surface area contributed by atoms with Gasteiger partial charge in [-0.15, -0.1) is 0 Å². The molecular formula is C17H9Cl3F3N3O2. The molecule has 0 radical (unpaired) electrons. The first kappa shape index (κ1) is 20.4. The van der Waals surface area contributed by atoms with E-state index in [0.29, 0.717) is 17.0 Å². The molecule has 0 saturated carbocycles. The minimum absolute atomic E-state index is 0.0108. The summed E-state index contributed by atoms with van der Waals surface area (Å²) in [6, 6.07) is 7.08. The lowest BCUT2D eigenvalue weighted by atomic mass is 10.2. The minimum Gasteiger partial charge on any atom is -0.454 e. The maximum atomic E-state index is 12.7. The lowest BCUT2D eigenvalue weighted by Gasteiger charge is -2.11. The number of pyridine rings is 1. The Labute approximate surface area is 171 Å². The van der Waals surface area contributed by atoms with E-state index in [4.69, 9.17) is 39.5 Å². The summed E-state index contributed by atoms with van der Waals surface area (Å²) in [6.07, 6.45) is -2.74. The highest BCUT2D eigenvalue weighted by molar-refractivity contribution is 6.32. The van der Waals surface area contributed by atoms with Gasteiger partial charge in [-0.1, -0.05) is 34.8 Å². The standard InChI is InChI=1S/C17H9Cl3F3N3O2/c18-10-1-3-11(4-2-10)28-14-7-25-26(16(27)15(14)20)8-13-12(19)5-9(6-24-13)17(21,22)23/h1-7H,8H2. The Morgan fingerprint density at radius 3 is 2.36 bits per heavy atom. The Morgan fingerprint density at radius 1 is 1.07 bits per heavy atom. The molecule has 2 heterocycles. The highest BCUT2D eigenvalue weighted by Crippen LogP contribution is 2.31. The van der Waals surface area contributed by atoms with Crippen molar-refractivity contribution in [1.82, 2.24) is 14.8 Å². The Hall–Kier alpha value is -2.29. The minimum atomic E-state index is -4.58. The Morgan fingerprint density at radius 2 is 1.75 bits per heavy atom. The third kappa shape index (κ3) is 4.57. The van der Waals surface area contributed by atoms with Crippen molar-refractivity contribution in [2.75, 3.05) is 0 Å². The van der Waals surface area contributed by atoms with E-state index in [-0.39, 0.29) is 28.0 Å². The monoisotopic (exact) mass is 449 g/mol. The van der Waals surface area contributed by atoms with Gasteiger partial charge in [-0.3, -0.25) is 9.78 Å². The van der Waals surface area contributed by atoms with Crippen molar-refractivity contribution >= 4 is 34.8 Å². The Kier molecular flexibility index (Phi) is 5.83. The fraction of sp³-hybridized carbons (Fsp3) is 0.118. The SMILES string of the molecule is O=c1c(Cl)c(Oc2ccc(Cl)cc2)cnn1Cc1ncc(C(F)(F)F)cc1Cl. The molecule has 0 aliphatic rings. The maximum Gasteiger partial charge on any atom is 0.417 e. The van der Waals surface area contributed by atoms with E-state index in [2.05, 4.69) is 10.1 Å². The first-order valence-corrected chi connectivity index (χ1v) is 8.69. The number of aromatic nitrogens is 3. The van der Waals surface area contributed by atoms with Crippen LogP contribution in [-0.2, 0) is 12.7 Å². The van der Waals surface area contributed by atoms with Gasteiger partial charge in [0.05, 0.1) is 29.0 Å². The molecule has 3 aromatic rings. The van der Waals surface area contributed by atoms with Crippen LogP contribution in [0.4, 0.5) is 13.2 Å². The zero-order valence-electron chi connectivity index (χ0n) is 13.7. The van der Waals surface area contributed by atoms with Crippen molar-refractivity contribution in [1.29, 1.82) is 0 Å². The van der Waals surface area contributed by atoms with Crippen molar-refractivity contribution in [3.63, 3.8) is 0 Å². The third-order valence-corrected chi connectivity index (χ3v) is 4.47. The summed E-state index contributed by atoms with van der Waals surface area (Å²) in [6.45, 7) is -0.267. The lowest BCUT2D eigenvalue weighted by molar-refractivity contribution is -0.137. The first-order valence-electron chi connectivity index (χ1n) is 7.56. The topological polar surface area (TPSA) is 57.0 Å². The highest BCUT2D eigenvalue weighted by Gasteiger charge is 2.31. The Bertz CT molecular complexity index is 1070. The second kappa shape index (κ2) is 7.98. The fourth-order valence-electron chi connectivity index (χ4n) is 2.14. The molecular weight excluding hydrogens is 442 g/mol. The van der Waals surface area contributed by atoms with Gasteiger partial charge in [0.25, 0.3) is 5.56 Å². The van der Waals surface area contributed by atoms with Gasteiger partial charge in [-0.2, -0.15) is 18.3 Å². The van der Waals surface area contributed by atoms with Gasteiger partial charge in [0, 0.05) is 11.2 Å². The molecule has 0 saturated heterocycles. The van der Waals surface area contributed by atoms with Crippen LogP contribution in [0.3, 0.4) is 0 Å². The molecule has 0 fully saturated rings. The maximum absolute atomic E-state index is 12.7. The zero-order chi connectivity index (χ0) is 20.5. The second-order valence-electron chi connectivity index (χ2n) is 5.49. The van der Waals surface area contributed by atoms with Crippen LogP contribution in [0.5, 0.6) is 11.5 Å². The lowest BCUT2D eigenvalue weighted by Crippen LogP contribution is -2.24. The van der Waals surface area contributed by atoms with Crippen LogP contribution in [0, 0.1) is 0 Å². The van der Waals surface area contributed by atoms with Crippen LogP contribution in [0.1, 0.15) is 11.3 Å².